The van der Waals surface area contributed by atoms with E-state index in [0.717, 1.165) is 5.56 Å². The average molecular weight is 364 g/mol. The van der Waals surface area contributed by atoms with Gasteiger partial charge in [0.05, 0.1) is 11.6 Å². The molecule has 0 radical (unpaired) electrons. The van der Waals surface area contributed by atoms with Gasteiger partial charge in [0.15, 0.2) is 0 Å². The van der Waals surface area contributed by atoms with Crippen LogP contribution in [0.25, 0.3) is 0 Å². The van der Waals surface area contributed by atoms with Crippen molar-refractivity contribution in [3.8, 4) is 0 Å². The molecule has 5 heteroatoms. The van der Waals surface area contributed by atoms with Gasteiger partial charge in [-0.1, -0.05) is 55.8 Å². The van der Waals surface area contributed by atoms with Gasteiger partial charge >= 0.3 is 5.97 Å². The summed E-state index contributed by atoms with van der Waals surface area (Å²) >= 11 is 5.97. The van der Waals surface area contributed by atoms with Gasteiger partial charge in [-0.2, -0.15) is 0 Å². The maximum atomic E-state index is 13.6. The molecule has 2 aromatic rings. The molecule has 0 aliphatic heterocycles. The minimum atomic E-state index is -0.498. The number of hydrogen-bond donors (Lipinski definition) is 0. The summed E-state index contributed by atoms with van der Waals surface area (Å²) in [7, 11) is 0. The van der Waals surface area contributed by atoms with E-state index < -0.39 is 11.9 Å². The molecule has 1 atom stereocenters. The van der Waals surface area contributed by atoms with E-state index in [2.05, 4.69) is 0 Å². The van der Waals surface area contributed by atoms with E-state index in [1.165, 1.54) is 6.07 Å². The molecule has 0 heterocycles. The van der Waals surface area contributed by atoms with E-state index in [1.807, 2.05) is 49.1 Å². The molecule has 0 fully saturated rings. The maximum absolute atomic E-state index is 13.6. The van der Waals surface area contributed by atoms with Crippen LogP contribution in [0.2, 0.25) is 5.02 Å². The highest BCUT2D eigenvalue weighted by molar-refractivity contribution is 6.31. The second-order valence-electron chi connectivity index (χ2n) is 6.15. The summed E-state index contributed by atoms with van der Waals surface area (Å²) in [6, 6.07) is 13.8. The Hall–Kier alpha value is -2.07. The van der Waals surface area contributed by atoms with Gasteiger partial charge in [0, 0.05) is 12.2 Å². The topological polar surface area (TPSA) is 29.5 Å². The van der Waals surface area contributed by atoms with Crippen LogP contribution in [0.15, 0.2) is 48.5 Å². The van der Waals surface area contributed by atoms with Crippen LogP contribution < -0.4 is 4.90 Å². The van der Waals surface area contributed by atoms with Crippen LogP contribution in [-0.4, -0.2) is 18.6 Å². The van der Waals surface area contributed by atoms with Crippen molar-refractivity contribution in [1.82, 2.24) is 0 Å². The first-order chi connectivity index (χ1) is 11.9. The summed E-state index contributed by atoms with van der Waals surface area (Å²) in [5.41, 5.74) is 1.72. The Morgan fingerprint density at radius 1 is 1.20 bits per heavy atom. The molecule has 0 bridgehead atoms. The molecule has 0 aliphatic carbocycles. The van der Waals surface area contributed by atoms with Gasteiger partial charge < -0.3 is 9.64 Å². The summed E-state index contributed by atoms with van der Waals surface area (Å²) in [5.74, 6) is -0.775. The summed E-state index contributed by atoms with van der Waals surface area (Å²) in [5, 5.41) is 0.0296. The number of ether oxygens (including phenoxy) is 1. The lowest BCUT2D eigenvalue weighted by Crippen LogP contribution is -2.45. The predicted molar refractivity (Wildman–Crippen MR) is 99.3 cm³/mol. The number of anilines is 1. The molecule has 1 unspecified atom stereocenters. The van der Waals surface area contributed by atoms with Crippen molar-refractivity contribution in [2.75, 3.05) is 11.5 Å². The minimum absolute atomic E-state index is 0.00610. The second kappa shape index (κ2) is 8.86. The third-order valence-electron chi connectivity index (χ3n) is 3.93. The molecule has 2 rings (SSSR count). The SMILES string of the molecule is CCOC(=O)C(C(C)C)N(Cc1ccccc1)c1ccc(F)c(Cl)c1. The normalized spacial score (nSPS) is 12.1. The van der Waals surface area contributed by atoms with Crippen LogP contribution in [0, 0.1) is 11.7 Å². The first-order valence-electron chi connectivity index (χ1n) is 8.36. The van der Waals surface area contributed by atoms with Crippen molar-refractivity contribution in [2.24, 2.45) is 5.92 Å². The lowest BCUT2D eigenvalue weighted by molar-refractivity contribution is -0.145. The molecule has 0 saturated carbocycles. The Kier molecular flexibility index (Phi) is 6.82. The van der Waals surface area contributed by atoms with Gasteiger partial charge in [-0.15, -0.1) is 0 Å². The molecule has 25 heavy (non-hydrogen) atoms. The van der Waals surface area contributed by atoms with Crippen molar-refractivity contribution in [3.63, 3.8) is 0 Å². The summed E-state index contributed by atoms with van der Waals surface area (Å²) in [6.45, 7) is 6.51. The molecule has 3 nitrogen and oxygen atoms in total. The van der Waals surface area contributed by atoms with Crippen LogP contribution in [0.3, 0.4) is 0 Å². The van der Waals surface area contributed by atoms with E-state index in [1.54, 1.807) is 19.1 Å². The molecule has 0 N–H and O–H groups in total. The maximum Gasteiger partial charge on any atom is 0.329 e. The standard InChI is InChI=1S/C20H23ClFNO2/c1-4-25-20(24)19(14(2)3)23(13-15-8-6-5-7-9-15)16-10-11-18(22)17(21)12-16/h5-12,14,19H,4,13H2,1-3H3. The third kappa shape index (κ3) is 4.95. The number of esters is 1. The zero-order valence-electron chi connectivity index (χ0n) is 14.7. The van der Waals surface area contributed by atoms with Crippen LogP contribution in [0.4, 0.5) is 10.1 Å². The second-order valence-corrected chi connectivity index (χ2v) is 6.56. The molecule has 0 spiro atoms. The van der Waals surface area contributed by atoms with Crippen molar-refractivity contribution >= 4 is 23.3 Å². The Morgan fingerprint density at radius 2 is 1.88 bits per heavy atom. The molecule has 134 valence electrons. The highest BCUT2D eigenvalue weighted by Crippen LogP contribution is 2.28. The fraction of sp³-hybridized carbons (Fsp3) is 0.350. The highest BCUT2D eigenvalue weighted by atomic mass is 35.5. The van der Waals surface area contributed by atoms with Crippen LogP contribution >= 0.6 is 11.6 Å². The number of rotatable bonds is 7. The summed E-state index contributed by atoms with van der Waals surface area (Å²) in [6.07, 6.45) is 0. The number of nitrogens with zero attached hydrogens (tertiary/aromatic N) is 1. The fourth-order valence-electron chi connectivity index (χ4n) is 2.78. The average Bonchev–Trinajstić information content (AvgIpc) is 2.57. The molecule has 2 aromatic carbocycles. The number of hydrogen-bond acceptors (Lipinski definition) is 3. The van der Waals surface area contributed by atoms with Gasteiger partial charge in [-0.05, 0) is 36.6 Å². The largest absolute Gasteiger partial charge is 0.464 e. The molecule has 0 amide bonds. The number of benzene rings is 2. The van der Waals surface area contributed by atoms with Gasteiger partial charge in [-0.25, -0.2) is 9.18 Å². The Labute approximate surface area is 153 Å². The Bertz CT molecular complexity index is 706. The lowest BCUT2D eigenvalue weighted by atomic mass is 10.0. The van der Waals surface area contributed by atoms with Crippen LogP contribution in [0.1, 0.15) is 26.3 Å². The highest BCUT2D eigenvalue weighted by Gasteiger charge is 2.31. The molecule has 0 aromatic heterocycles. The van der Waals surface area contributed by atoms with Gasteiger partial charge in [0.2, 0.25) is 0 Å². The van der Waals surface area contributed by atoms with Crippen LogP contribution in [-0.2, 0) is 16.1 Å². The number of carbonyl (C=O) groups excluding carboxylic acids is 1. The van der Waals surface area contributed by atoms with E-state index in [4.69, 9.17) is 16.3 Å². The predicted octanol–water partition coefficient (Wildman–Crippen LogP) is 5.07. The molecular formula is C20H23ClFNO2. The quantitative estimate of drug-likeness (QED) is 0.643. The summed E-state index contributed by atoms with van der Waals surface area (Å²) in [4.78, 5) is 14.5. The van der Waals surface area contributed by atoms with Crippen molar-refractivity contribution in [2.45, 2.75) is 33.4 Å². The van der Waals surface area contributed by atoms with Gasteiger partial charge in [0.1, 0.15) is 11.9 Å². The van der Waals surface area contributed by atoms with Crippen molar-refractivity contribution in [3.05, 3.63) is 64.9 Å². The van der Waals surface area contributed by atoms with Crippen molar-refractivity contribution in [1.29, 1.82) is 0 Å². The number of halogens is 2. The summed E-state index contributed by atoms with van der Waals surface area (Å²) < 4.78 is 18.9. The van der Waals surface area contributed by atoms with Gasteiger partial charge in [-0.3, -0.25) is 0 Å². The minimum Gasteiger partial charge on any atom is -0.464 e. The van der Waals surface area contributed by atoms with Crippen molar-refractivity contribution < 1.29 is 13.9 Å². The lowest BCUT2D eigenvalue weighted by Gasteiger charge is -2.34. The van der Waals surface area contributed by atoms with E-state index in [-0.39, 0.29) is 16.9 Å². The zero-order chi connectivity index (χ0) is 18.4. The fourth-order valence-corrected chi connectivity index (χ4v) is 2.96. The third-order valence-corrected chi connectivity index (χ3v) is 4.22. The smallest absolute Gasteiger partial charge is 0.329 e. The Morgan fingerprint density at radius 3 is 2.44 bits per heavy atom. The first-order valence-corrected chi connectivity index (χ1v) is 8.74. The van der Waals surface area contributed by atoms with E-state index in [0.29, 0.717) is 18.8 Å². The van der Waals surface area contributed by atoms with Gasteiger partial charge in [0.25, 0.3) is 0 Å². The van der Waals surface area contributed by atoms with E-state index in [9.17, 15) is 9.18 Å². The van der Waals surface area contributed by atoms with Crippen LogP contribution in [0.5, 0.6) is 0 Å². The first kappa shape index (κ1) is 19.3. The molecule has 0 aliphatic rings. The molecular weight excluding hydrogens is 341 g/mol. The van der Waals surface area contributed by atoms with E-state index >= 15 is 0 Å². The molecule has 0 saturated heterocycles. The monoisotopic (exact) mass is 363 g/mol. The number of carbonyl (C=O) groups is 1. The Balaban J connectivity index is 2.45. The zero-order valence-corrected chi connectivity index (χ0v) is 15.5.